The molecule has 1 aliphatic carbocycles. The fourth-order valence-electron chi connectivity index (χ4n) is 4.54. The molecule has 0 atom stereocenters. The largest absolute Gasteiger partial charge is 0.354 e. The third kappa shape index (κ3) is 5.09. The number of hydrogen-bond acceptors (Lipinski definition) is 3. The van der Waals surface area contributed by atoms with Gasteiger partial charge in [-0.25, -0.2) is 0 Å². The number of aliphatic imine (C=N–C) groups is 1. The maximum absolute atomic E-state index is 12.8. The van der Waals surface area contributed by atoms with E-state index in [0.29, 0.717) is 11.9 Å². The van der Waals surface area contributed by atoms with Gasteiger partial charge in [0.05, 0.1) is 0 Å². The van der Waals surface area contributed by atoms with E-state index in [1.807, 2.05) is 18.8 Å². The first kappa shape index (κ1) is 21.0. The van der Waals surface area contributed by atoms with Crippen LogP contribution in [-0.4, -0.2) is 54.5 Å². The normalized spacial score (nSPS) is 22.7. The van der Waals surface area contributed by atoms with E-state index in [-0.39, 0.29) is 5.92 Å². The molecule has 0 radical (unpaired) electrons. The molecule has 5 nitrogen and oxygen atoms in total. The van der Waals surface area contributed by atoms with Crippen molar-refractivity contribution in [3.05, 3.63) is 48.0 Å². The molecule has 0 aromatic heterocycles. The first-order chi connectivity index (χ1) is 14.7. The number of carbonyl (C=O) groups is 1. The van der Waals surface area contributed by atoms with Crippen LogP contribution in [0, 0.1) is 5.92 Å². The van der Waals surface area contributed by atoms with Gasteiger partial charge in [-0.2, -0.15) is 11.8 Å². The van der Waals surface area contributed by atoms with Gasteiger partial charge in [-0.3, -0.25) is 9.79 Å². The minimum Gasteiger partial charge on any atom is -0.354 e. The number of nitrogens with one attached hydrogen (secondary N) is 2. The summed E-state index contributed by atoms with van der Waals surface area (Å²) in [5.74, 6) is 3.60. The lowest BCUT2D eigenvalue weighted by Crippen LogP contribution is -2.47. The maximum Gasteiger partial charge on any atom is 0.225 e. The number of fused-ring (bicyclic) bond motifs is 1. The van der Waals surface area contributed by atoms with Crippen molar-refractivity contribution in [3.63, 3.8) is 0 Å². The second kappa shape index (κ2) is 10.2. The predicted molar refractivity (Wildman–Crippen MR) is 127 cm³/mol. The van der Waals surface area contributed by atoms with E-state index in [0.717, 1.165) is 62.8 Å². The van der Waals surface area contributed by atoms with E-state index in [2.05, 4.69) is 63.0 Å². The minimum absolute atomic E-state index is 0.205. The molecular formula is C24H32N4OS. The highest BCUT2D eigenvalue weighted by molar-refractivity contribution is 7.99. The van der Waals surface area contributed by atoms with E-state index in [9.17, 15) is 4.79 Å². The number of carbonyl (C=O) groups excluding carboxylic acids is 1. The predicted octanol–water partition coefficient (Wildman–Crippen LogP) is 3.64. The summed E-state index contributed by atoms with van der Waals surface area (Å²) in [5, 5.41) is 9.58. The van der Waals surface area contributed by atoms with Gasteiger partial charge in [0, 0.05) is 50.1 Å². The zero-order valence-electron chi connectivity index (χ0n) is 17.8. The second-order valence-electron chi connectivity index (χ2n) is 8.19. The SMILES string of the molecule is CN=C(NCc1cccc2ccccc12)NC1CCC(C(=O)N2CCSCC2)CC1. The lowest BCUT2D eigenvalue weighted by molar-refractivity contribution is -0.136. The van der Waals surface area contributed by atoms with Crippen LogP contribution in [0.15, 0.2) is 47.5 Å². The van der Waals surface area contributed by atoms with Gasteiger partial charge in [0.2, 0.25) is 5.91 Å². The van der Waals surface area contributed by atoms with E-state index in [1.54, 1.807) is 0 Å². The van der Waals surface area contributed by atoms with Crippen LogP contribution in [0.25, 0.3) is 10.8 Å². The summed E-state index contributed by atoms with van der Waals surface area (Å²) in [5.41, 5.74) is 1.27. The molecule has 1 aliphatic heterocycles. The van der Waals surface area contributed by atoms with Crippen LogP contribution >= 0.6 is 11.8 Å². The fraction of sp³-hybridized carbons (Fsp3) is 0.500. The summed E-state index contributed by atoms with van der Waals surface area (Å²) in [7, 11) is 1.82. The molecule has 2 fully saturated rings. The Morgan fingerprint density at radius 3 is 2.57 bits per heavy atom. The molecule has 2 aromatic rings. The van der Waals surface area contributed by atoms with Crippen LogP contribution in [0.5, 0.6) is 0 Å². The van der Waals surface area contributed by atoms with Crippen LogP contribution < -0.4 is 10.6 Å². The summed E-state index contributed by atoms with van der Waals surface area (Å²) >= 11 is 1.95. The number of thioether (sulfide) groups is 1. The van der Waals surface area contributed by atoms with Crippen LogP contribution in [0.3, 0.4) is 0 Å². The lowest BCUT2D eigenvalue weighted by Gasteiger charge is -2.34. The Kier molecular flexibility index (Phi) is 7.16. The summed E-state index contributed by atoms with van der Waals surface area (Å²) in [6.07, 6.45) is 3.99. The van der Waals surface area contributed by atoms with Gasteiger partial charge in [0.15, 0.2) is 5.96 Å². The van der Waals surface area contributed by atoms with Crippen LogP contribution in [0.2, 0.25) is 0 Å². The molecule has 0 spiro atoms. The van der Waals surface area contributed by atoms with Gasteiger partial charge in [0.25, 0.3) is 0 Å². The van der Waals surface area contributed by atoms with E-state index >= 15 is 0 Å². The Hall–Kier alpha value is -2.21. The third-order valence-electron chi connectivity index (χ3n) is 6.29. The Balaban J connectivity index is 1.27. The Morgan fingerprint density at radius 2 is 1.80 bits per heavy atom. The van der Waals surface area contributed by atoms with E-state index < -0.39 is 0 Å². The number of nitrogens with zero attached hydrogens (tertiary/aromatic N) is 2. The maximum atomic E-state index is 12.8. The third-order valence-corrected chi connectivity index (χ3v) is 7.23. The lowest BCUT2D eigenvalue weighted by atomic mass is 9.85. The molecule has 6 heteroatoms. The van der Waals surface area contributed by atoms with Gasteiger partial charge in [-0.1, -0.05) is 42.5 Å². The quantitative estimate of drug-likeness (QED) is 0.581. The van der Waals surface area contributed by atoms with Crippen molar-refractivity contribution in [2.75, 3.05) is 31.6 Å². The molecule has 2 aliphatic rings. The van der Waals surface area contributed by atoms with E-state index in [4.69, 9.17) is 0 Å². The molecule has 0 bridgehead atoms. The zero-order valence-corrected chi connectivity index (χ0v) is 18.6. The first-order valence-electron chi connectivity index (χ1n) is 11.0. The highest BCUT2D eigenvalue weighted by atomic mass is 32.2. The average Bonchev–Trinajstić information content (AvgIpc) is 2.82. The molecule has 4 rings (SSSR count). The molecule has 1 amide bonds. The molecule has 0 unspecified atom stereocenters. The average molecular weight is 425 g/mol. The molecule has 30 heavy (non-hydrogen) atoms. The van der Waals surface area contributed by atoms with Crippen LogP contribution in [0.1, 0.15) is 31.2 Å². The first-order valence-corrected chi connectivity index (χ1v) is 12.2. The summed E-state index contributed by atoms with van der Waals surface area (Å²) in [6, 6.07) is 15.3. The van der Waals surface area contributed by atoms with Gasteiger partial charge in [0.1, 0.15) is 0 Å². The van der Waals surface area contributed by atoms with Crippen molar-refractivity contribution in [1.29, 1.82) is 0 Å². The number of guanidine groups is 1. The van der Waals surface area contributed by atoms with E-state index in [1.165, 1.54) is 16.3 Å². The monoisotopic (exact) mass is 424 g/mol. The molecule has 1 saturated carbocycles. The summed E-state index contributed by atoms with van der Waals surface area (Å²) in [4.78, 5) is 19.3. The molecule has 2 N–H and O–H groups in total. The van der Waals surface area contributed by atoms with Crippen molar-refractivity contribution in [2.45, 2.75) is 38.3 Å². The Morgan fingerprint density at radius 1 is 1.07 bits per heavy atom. The van der Waals surface area contributed by atoms with Crippen LogP contribution in [-0.2, 0) is 11.3 Å². The van der Waals surface area contributed by atoms with Crippen molar-refractivity contribution in [1.82, 2.24) is 15.5 Å². The fourth-order valence-corrected chi connectivity index (χ4v) is 5.44. The van der Waals surface area contributed by atoms with Gasteiger partial charge in [-0.05, 0) is 42.0 Å². The van der Waals surface area contributed by atoms with Gasteiger partial charge < -0.3 is 15.5 Å². The van der Waals surface area contributed by atoms with Gasteiger partial charge >= 0.3 is 0 Å². The number of rotatable bonds is 4. The Labute approximate surface area is 183 Å². The minimum atomic E-state index is 0.205. The van der Waals surface area contributed by atoms with Crippen molar-refractivity contribution in [2.24, 2.45) is 10.9 Å². The van der Waals surface area contributed by atoms with Crippen molar-refractivity contribution in [3.8, 4) is 0 Å². The van der Waals surface area contributed by atoms with Crippen LogP contribution in [0.4, 0.5) is 0 Å². The summed E-state index contributed by atoms with van der Waals surface area (Å²) < 4.78 is 0. The highest BCUT2D eigenvalue weighted by Crippen LogP contribution is 2.27. The smallest absolute Gasteiger partial charge is 0.225 e. The molecule has 1 heterocycles. The molecule has 1 saturated heterocycles. The number of hydrogen-bond donors (Lipinski definition) is 2. The van der Waals surface area contributed by atoms with Gasteiger partial charge in [-0.15, -0.1) is 0 Å². The number of amides is 1. The highest BCUT2D eigenvalue weighted by Gasteiger charge is 2.30. The second-order valence-corrected chi connectivity index (χ2v) is 9.42. The Bertz CT molecular complexity index is 880. The standard InChI is InChI=1S/C24H32N4OS/c1-25-24(26-17-20-7-4-6-18-5-2-3-8-22(18)20)27-21-11-9-19(10-12-21)23(29)28-13-15-30-16-14-28/h2-8,19,21H,9-17H2,1H3,(H2,25,26,27). The van der Waals surface area contributed by atoms with Crippen molar-refractivity contribution < 1.29 is 4.79 Å². The summed E-state index contributed by atoms with van der Waals surface area (Å²) in [6.45, 7) is 2.58. The molecule has 2 aromatic carbocycles. The molecule has 160 valence electrons. The number of benzene rings is 2. The van der Waals surface area contributed by atoms with Crippen molar-refractivity contribution >= 4 is 34.4 Å². The topological polar surface area (TPSA) is 56.7 Å². The zero-order chi connectivity index (χ0) is 20.8. The molecular weight excluding hydrogens is 392 g/mol.